The number of H-pyrrole nitrogens is 1. The molecular formula is C10H11FN4O2S. The van der Waals surface area contributed by atoms with Crippen LogP contribution in [0, 0.1) is 5.82 Å². The summed E-state index contributed by atoms with van der Waals surface area (Å²) in [4.78, 5) is 0. The van der Waals surface area contributed by atoms with Crippen LogP contribution >= 0.6 is 0 Å². The highest BCUT2D eigenvalue weighted by Gasteiger charge is 2.16. The lowest BCUT2D eigenvalue weighted by Gasteiger charge is -2.08. The summed E-state index contributed by atoms with van der Waals surface area (Å²) in [5.74, 6) is -0.470. The molecule has 1 aromatic carbocycles. The lowest BCUT2D eigenvalue weighted by atomic mass is 10.2. The molecule has 4 N–H and O–H groups in total. The minimum absolute atomic E-state index is 0.00847. The van der Waals surface area contributed by atoms with Gasteiger partial charge in [-0.15, -0.1) is 0 Å². The van der Waals surface area contributed by atoms with E-state index in [1.165, 1.54) is 24.4 Å². The van der Waals surface area contributed by atoms with E-state index < -0.39 is 15.8 Å². The standard InChI is InChI=1S/C10H11FN4O2S/c11-9-2-1-8(5-7(9)6-12)15-18(16,17)10-3-4-13-14-10/h1-5,15H,6,12H2,(H,13,14). The van der Waals surface area contributed by atoms with Crippen LogP contribution in [0.25, 0.3) is 0 Å². The number of sulfonamides is 1. The Hall–Kier alpha value is -1.93. The fourth-order valence-electron chi connectivity index (χ4n) is 1.40. The topological polar surface area (TPSA) is 101 Å². The Morgan fingerprint density at radius 2 is 2.17 bits per heavy atom. The van der Waals surface area contributed by atoms with Crippen LogP contribution in [0.1, 0.15) is 5.56 Å². The van der Waals surface area contributed by atoms with E-state index in [-0.39, 0.29) is 22.8 Å². The Labute approximate surface area is 103 Å². The Balaban J connectivity index is 2.30. The maximum Gasteiger partial charge on any atom is 0.278 e. The zero-order valence-electron chi connectivity index (χ0n) is 9.22. The van der Waals surface area contributed by atoms with E-state index >= 15 is 0 Å². The van der Waals surface area contributed by atoms with Gasteiger partial charge in [-0.25, -0.2) is 4.39 Å². The fraction of sp³-hybridized carbons (Fsp3) is 0.100. The number of aromatic amines is 1. The highest BCUT2D eigenvalue weighted by atomic mass is 32.2. The largest absolute Gasteiger partial charge is 0.326 e. The van der Waals surface area contributed by atoms with Gasteiger partial charge in [0, 0.05) is 17.8 Å². The highest BCUT2D eigenvalue weighted by molar-refractivity contribution is 7.92. The van der Waals surface area contributed by atoms with Gasteiger partial charge in [-0.2, -0.15) is 13.5 Å². The van der Waals surface area contributed by atoms with Crippen molar-refractivity contribution in [2.24, 2.45) is 5.73 Å². The van der Waals surface area contributed by atoms with Crippen LogP contribution in [-0.2, 0) is 16.6 Å². The van der Waals surface area contributed by atoms with Gasteiger partial charge in [0.15, 0.2) is 5.03 Å². The zero-order valence-corrected chi connectivity index (χ0v) is 10.0. The van der Waals surface area contributed by atoms with E-state index in [2.05, 4.69) is 14.9 Å². The van der Waals surface area contributed by atoms with Crippen molar-refractivity contribution in [1.82, 2.24) is 10.2 Å². The number of benzene rings is 1. The summed E-state index contributed by atoms with van der Waals surface area (Å²) < 4.78 is 39.2. The van der Waals surface area contributed by atoms with Gasteiger partial charge in [-0.1, -0.05) is 0 Å². The second kappa shape index (κ2) is 4.75. The third-order valence-electron chi connectivity index (χ3n) is 2.28. The van der Waals surface area contributed by atoms with Crippen molar-refractivity contribution < 1.29 is 12.8 Å². The number of nitrogens with one attached hydrogen (secondary N) is 2. The lowest BCUT2D eigenvalue weighted by molar-refractivity contribution is 0.596. The molecule has 2 aromatic rings. The van der Waals surface area contributed by atoms with Gasteiger partial charge in [0.05, 0.1) is 6.20 Å². The van der Waals surface area contributed by atoms with Gasteiger partial charge >= 0.3 is 0 Å². The molecule has 0 aliphatic rings. The molecule has 1 aromatic heterocycles. The van der Waals surface area contributed by atoms with Crippen molar-refractivity contribution >= 4 is 15.7 Å². The first-order valence-electron chi connectivity index (χ1n) is 5.03. The number of rotatable bonds is 4. The highest BCUT2D eigenvalue weighted by Crippen LogP contribution is 2.17. The molecule has 0 bridgehead atoms. The van der Waals surface area contributed by atoms with Crippen LogP contribution in [0.2, 0.25) is 0 Å². The van der Waals surface area contributed by atoms with Crippen LogP contribution in [0.5, 0.6) is 0 Å². The number of nitrogens with zero attached hydrogens (tertiary/aromatic N) is 1. The SMILES string of the molecule is NCc1cc(NS(=O)(=O)c2ccn[nH]2)ccc1F. The van der Waals surface area contributed by atoms with Crippen LogP contribution in [-0.4, -0.2) is 18.6 Å². The molecule has 0 unspecified atom stereocenters. The molecule has 2 rings (SSSR count). The maximum absolute atomic E-state index is 13.2. The Morgan fingerprint density at radius 3 is 2.78 bits per heavy atom. The summed E-state index contributed by atoms with van der Waals surface area (Å²) in [6, 6.07) is 5.15. The van der Waals surface area contributed by atoms with Crippen molar-refractivity contribution in [3.8, 4) is 0 Å². The van der Waals surface area contributed by atoms with Gasteiger partial charge in [-0.3, -0.25) is 9.82 Å². The molecule has 6 nitrogen and oxygen atoms in total. The summed E-state index contributed by atoms with van der Waals surface area (Å²) in [6.45, 7) is -0.00847. The molecule has 0 amide bonds. The molecule has 0 spiro atoms. The van der Waals surface area contributed by atoms with E-state index in [1.54, 1.807) is 0 Å². The van der Waals surface area contributed by atoms with Crippen molar-refractivity contribution in [1.29, 1.82) is 0 Å². The smallest absolute Gasteiger partial charge is 0.278 e. The van der Waals surface area contributed by atoms with Gasteiger partial charge in [0.2, 0.25) is 0 Å². The van der Waals surface area contributed by atoms with Crippen molar-refractivity contribution in [3.05, 3.63) is 41.8 Å². The summed E-state index contributed by atoms with van der Waals surface area (Å²) >= 11 is 0. The normalized spacial score (nSPS) is 11.4. The number of nitrogens with two attached hydrogens (primary N) is 1. The zero-order chi connectivity index (χ0) is 13.2. The first-order valence-corrected chi connectivity index (χ1v) is 6.52. The van der Waals surface area contributed by atoms with Crippen molar-refractivity contribution in [3.63, 3.8) is 0 Å². The van der Waals surface area contributed by atoms with E-state index in [0.29, 0.717) is 0 Å². The number of hydrogen-bond acceptors (Lipinski definition) is 4. The first-order chi connectivity index (χ1) is 8.53. The molecule has 1 heterocycles. The molecule has 0 saturated carbocycles. The van der Waals surface area contributed by atoms with E-state index in [1.807, 2.05) is 0 Å². The van der Waals surface area contributed by atoms with Crippen LogP contribution in [0.4, 0.5) is 10.1 Å². The van der Waals surface area contributed by atoms with Crippen LogP contribution in [0.15, 0.2) is 35.5 Å². The molecule has 18 heavy (non-hydrogen) atoms. The third-order valence-corrected chi connectivity index (χ3v) is 3.59. The van der Waals surface area contributed by atoms with Gasteiger partial charge in [0.25, 0.3) is 10.0 Å². The lowest BCUT2D eigenvalue weighted by Crippen LogP contribution is -2.14. The Kier molecular flexibility index (Phi) is 3.30. The quantitative estimate of drug-likeness (QED) is 0.765. The van der Waals surface area contributed by atoms with Gasteiger partial charge in [-0.05, 0) is 24.3 Å². The maximum atomic E-state index is 13.2. The average Bonchev–Trinajstić information content (AvgIpc) is 2.85. The molecular weight excluding hydrogens is 259 g/mol. The molecule has 0 saturated heterocycles. The molecule has 8 heteroatoms. The molecule has 0 aliphatic carbocycles. The minimum atomic E-state index is -3.74. The molecule has 0 radical (unpaired) electrons. The predicted octanol–water partition coefficient (Wildman–Crippen LogP) is 0.808. The minimum Gasteiger partial charge on any atom is -0.326 e. The van der Waals surface area contributed by atoms with Gasteiger partial charge in [0.1, 0.15) is 5.82 Å². The van der Waals surface area contributed by atoms with E-state index in [4.69, 9.17) is 5.73 Å². The average molecular weight is 270 g/mol. The number of hydrogen-bond donors (Lipinski definition) is 3. The van der Waals surface area contributed by atoms with Crippen LogP contribution in [0.3, 0.4) is 0 Å². The van der Waals surface area contributed by atoms with Crippen molar-refractivity contribution in [2.45, 2.75) is 11.6 Å². The number of halogens is 1. The molecule has 0 aliphatic heterocycles. The summed E-state index contributed by atoms with van der Waals surface area (Å²) in [5, 5.41) is 5.82. The molecule has 0 atom stereocenters. The number of anilines is 1. The predicted molar refractivity (Wildman–Crippen MR) is 63.7 cm³/mol. The van der Waals surface area contributed by atoms with Gasteiger partial charge < -0.3 is 5.73 Å². The third kappa shape index (κ3) is 2.49. The summed E-state index contributed by atoms with van der Waals surface area (Å²) in [5.41, 5.74) is 5.82. The Morgan fingerprint density at radius 1 is 1.39 bits per heavy atom. The number of aromatic nitrogens is 2. The van der Waals surface area contributed by atoms with E-state index in [9.17, 15) is 12.8 Å². The monoisotopic (exact) mass is 270 g/mol. The van der Waals surface area contributed by atoms with Crippen LogP contribution < -0.4 is 10.5 Å². The fourth-order valence-corrected chi connectivity index (χ4v) is 2.36. The summed E-state index contributed by atoms with van der Waals surface area (Å²) in [7, 11) is -3.74. The van der Waals surface area contributed by atoms with Crippen molar-refractivity contribution in [2.75, 3.05) is 4.72 Å². The first kappa shape index (κ1) is 12.5. The summed E-state index contributed by atoms with van der Waals surface area (Å²) in [6.07, 6.45) is 1.32. The van der Waals surface area contributed by atoms with E-state index in [0.717, 1.165) is 6.07 Å². The molecule has 0 fully saturated rings. The Bertz CT molecular complexity index is 640. The second-order valence-corrected chi connectivity index (χ2v) is 5.19. The molecule has 96 valence electrons. The second-order valence-electron chi connectivity index (χ2n) is 3.54.